The Morgan fingerprint density at radius 2 is 2.29 bits per heavy atom. The molecule has 1 aromatic heterocycles. The topological polar surface area (TPSA) is 70.5 Å². The van der Waals surface area contributed by atoms with Crippen LogP contribution in [0.15, 0.2) is 10.4 Å². The van der Waals surface area contributed by atoms with Gasteiger partial charge in [-0.15, -0.1) is 0 Å². The molecule has 5 nitrogen and oxygen atoms in total. The highest BCUT2D eigenvalue weighted by Gasteiger charge is 2.32. The maximum Gasteiger partial charge on any atom is 0.253 e. The summed E-state index contributed by atoms with van der Waals surface area (Å²) in [5.74, 6) is 0.244. The molecule has 0 bridgehead atoms. The molecule has 1 saturated carbocycles. The fourth-order valence-electron chi connectivity index (χ4n) is 1.82. The van der Waals surface area contributed by atoms with Crippen LogP contribution in [0.1, 0.15) is 12.8 Å². The number of sulfonamides is 1. The molecule has 1 heterocycles. The number of aromatic nitrogens is 1. The molecule has 1 aliphatic rings. The predicted molar refractivity (Wildman–Crippen MR) is 65.7 cm³/mol. The molecule has 1 aliphatic carbocycles. The fourth-order valence-corrected chi connectivity index (χ4v) is 4.58. The molecule has 0 amide bonds. The largest absolute Gasteiger partial charge is 0.393 e. The van der Waals surface area contributed by atoms with Crippen molar-refractivity contribution in [1.29, 1.82) is 0 Å². The number of rotatable bonds is 4. The summed E-state index contributed by atoms with van der Waals surface area (Å²) in [6.45, 7) is 0.426. The van der Waals surface area contributed by atoms with E-state index in [9.17, 15) is 8.42 Å². The van der Waals surface area contributed by atoms with E-state index in [4.69, 9.17) is 16.7 Å². The van der Waals surface area contributed by atoms with Crippen LogP contribution in [0.25, 0.3) is 0 Å². The van der Waals surface area contributed by atoms with E-state index in [1.165, 1.54) is 17.5 Å². The monoisotopic (exact) mass is 296 g/mol. The molecule has 1 aromatic rings. The van der Waals surface area contributed by atoms with Crippen LogP contribution in [0.3, 0.4) is 0 Å². The molecule has 0 saturated heterocycles. The van der Waals surface area contributed by atoms with Crippen LogP contribution in [0, 0.1) is 5.92 Å². The van der Waals surface area contributed by atoms with E-state index >= 15 is 0 Å². The number of halogens is 1. The summed E-state index contributed by atoms with van der Waals surface area (Å²) in [6.07, 6.45) is 2.34. The summed E-state index contributed by atoms with van der Waals surface area (Å²) in [7, 11) is -1.95. The summed E-state index contributed by atoms with van der Waals surface area (Å²) in [5, 5.41) is 9.16. The third-order valence-electron chi connectivity index (χ3n) is 2.85. The van der Waals surface area contributed by atoms with Crippen molar-refractivity contribution >= 4 is 33.0 Å². The van der Waals surface area contributed by atoms with Crippen molar-refractivity contribution in [3.8, 4) is 0 Å². The summed E-state index contributed by atoms with van der Waals surface area (Å²) >= 11 is 6.58. The number of aliphatic hydroxyl groups is 1. The van der Waals surface area contributed by atoms with Crippen molar-refractivity contribution in [2.45, 2.75) is 23.2 Å². The smallest absolute Gasteiger partial charge is 0.253 e. The molecule has 17 heavy (non-hydrogen) atoms. The van der Waals surface area contributed by atoms with Crippen molar-refractivity contribution in [1.82, 2.24) is 9.29 Å². The molecular formula is C9H13ClN2O3S2. The molecule has 2 rings (SSSR count). The fraction of sp³-hybridized carbons (Fsp3) is 0.667. The maximum atomic E-state index is 12.1. The second kappa shape index (κ2) is 4.81. The van der Waals surface area contributed by atoms with Gasteiger partial charge in [-0.3, -0.25) is 0 Å². The highest BCUT2D eigenvalue weighted by Crippen LogP contribution is 2.30. The predicted octanol–water partition coefficient (Wildman–Crippen LogP) is 1.19. The van der Waals surface area contributed by atoms with Gasteiger partial charge in [-0.05, 0) is 18.8 Å². The summed E-state index contributed by atoms with van der Waals surface area (Å²) < 4.78 is 25.8. The molecule has 1 N–H and O–H groups in total. The highest BCUT2D eigenvalue weighted by molar-refractivity contribution is 7.91. The quantitative estimate of drug-likeness (QED) is 0.906. The Labute approximate surface area is 109 Å². The van der Waals surface area contributed by atoms with Crippen molar-refractivity contribution in [2.75, 3.05) is 13.6 Å². The number of nitrogens with zero attached hydrogens (tertiary/aromatic N) is 2. The summed E-state index contributed by atoms with van der Waals surface area (Å²) in [5.41, 5.74) is 0. The summed E-state index contributed by atoms with van der Waals surface area (Å²) in [4.78, 5) is 3.73. The lowest BCUT2D eigenvalue weighted by Crippen LogP contribution is -2.39. The first-order valence-corrected chi connectivity index (χ1v) is 7.79. The van der Waals surface area contributed by atoms with Crippen LogP contribution in [0.4, 0.5) is 0 Å². The first-order valence-electron chi connectivity index (χ1n) is 5.15. The van der Waals surface area contributed by atoms with Crippen molar-refractivity contribution < 1.29 is 13.5 Å². The number of hydrogen-bond acceptors (Lipinski definition) is 5. The zero-order valence-electron chi connectivity index (χ0n) is 9.21. The lowest BCUT2D eigenvalue weighted by molar-refractivity contribution is 0.0367. The zero-order valence-corrected chi connectivity index (χ0v) is 11.6. The van der Waals surface area contributed by atoms with Crippen LogP contribution in [0.5, 0.6) is 0 Å². The summed E-state index contributed by atoms with van der Waals surface area (Å²) in [6, 6.07) is 0. The van der Waals surface area contributed by atoms with Crippen LogP contribution < -0.4 is 0 Å². The van der Waals surface area contributed by atoms with Crippen molar-refractivity contribution in [3.05, 3.63) is 10.7 Å². The third-order valence-corrected chi connectivity index (χ3v) is 6.22. The molecule has 0 radical (unpaired) electrons. The van der Waals surface area contributed by atoms with Crippen LogP contribution in [-0.2, 0) is 10.0 Å². The number of hydrogen-bond donors (Lipinski definition) is 1. The van der Waals surface area contributed by atoms with Gasteiger partial charge in [0.25, 0.3) is 10.0 Å². The molecule has 0 aromatic carbocycles. The van der Waals surface area contributed by atoms with Gasteiger partial charge in [-0.2, -0.15) is 4.31 Å². The van der Waals surface area contributed by atoms with Gasteiger partial charge in [0.1, 0.15) is 0 Å². The van der Waals surface area contributed by atoms with Crippen LogP contribution in [-0.4, -0.2) is 42.5 Å². The van der Waals surface area contributed by atoms with Gasteiger partial charge in [0, 0.05) is 13.6 Å². The first-order chi connectivity index (χ1) is 7.89. The Morgan fingerprint density at radius 1 is 1.65 bits per heavy atom. The lowest BCUT2D eigenvalue weighted by Gasteiger charge is -2.33. The highest BCUT2D eigenvalue weighted by atomic mass is 35.5. The van der Waals surface area contributed by atoms with E-state index in [1.807, 2.05) is 0 Å². The second-order valence-corrected chi connectivity index (χ2v) is 8.09. The van der Waals surface area contributed by atoms with E-state index in [0.29, 0.717) is 19.4 Å². The number of aliphatic hydroxyl groups excluding tert-OH is 1. The Kier molecular flexibility index (Phi) is 3.74. The minimum Gasteiger partial charge on any atom is -0.393 e. The minimum absolute atomic E-state index is 0.157. The molecule has 8 heteroatoms. The van der Waals surface area contributed by atoms with E-state index in [2.05, 4.69) is 4.98 Å². The average Bonchev–Trinajstić information content (AvgIpc) is 2.63. The Morgan fingerprint density at radius 3 is 2.76 bits per heavy atom. The SMILES string of the molecule is CN(CC1CC(O)C1)S(=O)(=O)c1cnc(Cl)s1. The van der Waals surface area contributed by atoms with Gasteiger partial charge in [-0.25, -0.2) is 13.4 Å². The first kappa shape index (κ1) is 13.2. The van der Waals surface area contributed by atoms with Gasteiger partial charge in [0.05, 0.1) is 12.3 Å². The minimum atomic E-state index is -3.48. The van der Waals surface area contributed by atoms with E-state index in [0.717, 1.165) is 11.3 Å². The molecule has 0 aliphatic heterocycles. The standard InChI is InChI=1S/C9H13ClN2O3S2/c1-12(5-6-2-7(13)3-6)17(14,15)8-4-11-9(10)16-8/h4,6-7,13H,2-3,5H2,1H3. The molecule has 0 atom stereocenters. The molecule has 0 spiro atoms. The normalized spacial score (nSPS) is 24.9. The lowest BCUT2D eigenvalue weighted by atomic mass is 9.82. The van der Waals surface area contributed by atoms with Gasteiger partial charge in [0.2, 0.25) is 0 Å². The van der Waals surface area contributed by atoms with Gasteiger partial charge >= 0.3 is 0 Å². The second-order valence-electron chi connectivity index (χ2n) is 4.21. The van der Waals surface area contributed by atoms with Crippen molar-refractivity contribution in [2.24, 2.45) is 5.92 Å². The van der Waals surface area contributed by atoms with E-state index < -0.39 is 10.0 Å². The van der Waals surface area contributed by atoms with Crippen LogP contribution in [0.2, 0.25) is 4.47 Å². The van der Waals surface area contributed by atoms with Gasteiger partial charge in [-0.1, -0.05) is 22.9 Å². The number of thiazole rings is 1. The Hall–Kier alpha value is -0.210. The zero-order chi connectivity index (χ0) is 12.6. The van der Waals surface area contributed by atoms with E-state index in [1.54, 1.807) is 0 Å². The van der Waals surface area contributed by atoms with E-state index in [-0.39, 0.29) is 20.7 Å². The van der Waals surface area contributed by atoms with Crippen LogP contribution >= 0.6 is 22.9 Å². The Bertz CT molecular complexity index is 496. The van der Waals surface area contributed by atoms with Gasteiger partial charge in [0.15, 0.2) is 8.68 Å². The van der Waals surface area contributed by atoms with Crippen molar-refractivity contribution in [3.63, 3.8) is 0 Å². The molecular weight excluding hydrogens is 284 g/mol. The maximum absolute atomic E-state index is 12.1. The molecule has 0 unspecified atom stereocenters. The molecule has 96 valence electrons. The van der Waals surface area contributed by atoms with Gasteiger partial charge < -0.3 is 5.11 Å². The Balaban J connectivity index is 2.05. The third kappa shape index (κ3) is 2.79. The molecule has 1 fully saturated rings. The average molecular weight is 297 g/mol.